The van der Waals surface area contributed by atoms with Crippen LogP contribution in [0.5, 0.6) is 11.5 Å². The van der Waals surface area contributed by atoms with Crippen LogP contribution in [0.4, 0.5) is 0 Å². The van der Waals surface area contributed by atoms with Gasteiger partial charge in [0, 0.05) is 5.56 Å². The van der Waals surface area contributed by atoms with Gasteiger partial charge in [0.25, 0.3) is 5.91 Å². The first-order chi connectivity index (χ1) is 8.90. The van der Waals surface area contributed by atoms with Gasteiger partial charge in [-0.15, -0.1) is 0 Å². The van der Waals surface area contributed by atoms with Crippen LogP contribution in [0.3, 0.4) is 0 Å². The maximum atomic E-state index is 11.9. The average Bonchev–Trinajstić information content (AvgIpc) is 2.38. The Kier molecular flexibility index (Phi) is 5.17. The first-order valence-corrected chi connectivity index (χ1v) is 6.15. The second-order valence-electron chi connectivity index (χ2n) is 3.73. The summed E-state index contributed by atoms with van der Waals surface area (Å²) in [4.78, 5) is 22.6. The molecule has 0 bridgehead atoms. The van der Waals surface area contributed by atoms with E-state index in [0.29, 0.717) is 16.0 Å². The first-order valence-electron chi connectivity index (χ1n) is 5.35. The lowest BCUT2D eigenvalue weighted by Gasteiger charge is -2.13. The van der Waals surface area contributed by atoms with Gasteiger partial charge < -0.3 is 19.9 Å². The van der Waals surface area contributed by atoms with Crippen molar-refractivity contribution < 1.29 is 24.2 Å². The van der Waals surface area contributed by atoms with E-state index >= 15 is 0 Å². The predicted octanol–water partition coefficient (Wildman–Crippen LogP) is 1.67. The van der Waals surface area contributed by atoms with Crippen LogP contribution in [-0.2, 0) is 4.79 Å². The Labute approximate surface area is 118 Å². The molecule has 0 aliphatic carbocycles. The van der Waals surface area contributed by atoms with Crippen LogP contribution in [0, 0.1) is 0 Å². The van der Waals surface area contributed by atoms with E-state index in [1.54, 1.807) is 0 Å². The Balaban J connectivity index is 3.06. The molecule has 0 saturated carbocycles. The van der Waals surface area contributed by atoms with Crippen LogP contribution in [0.1, 0.15) is 17.3 Å². The molecule has 6 nitrogen and oxygen atoms in total. The molecule has 2 N–H and O–H groups in total. The summed E-state index contributed by atoms with van der Waals surface area (Å²) in [5.74, 6) is -0.775. The molecule has 19 heavy (non-hydrogen) atoms. The number of ether oxygens (including phenoxy) is 2. The summed E-state index contributed by atoms with van der Waals surface area (Å²) in [7, 11) is 2.92. The van der Waals surface area contributed by atoms with E-state index in [1.807, 2.05) is 0 Å². The van der Waals surface area contributed by atoms with Crippen molar-refractivity contribution in [1.29, 1.82) is 0 Å². The Bertz CT molecular complexity index is 478. The van der Waals surface area contributed by atoms with Gasteiger partial charge in [-0.3, -0.25) is 9.59 Å². The molecule has 1 aromatic rings. The number of nitrogens with one attached hydrogen (secondary N) is 1. The number of benzene rings is 1. The predicted molar refractivity (Wildman–Crippen MR) is 71.8 cm³/mol. The number of aliphatic carboxylic acids is 1. The van der Waals surface area contributed by atoms with Gasteiger partial charge >= 0.3 is 5.97 Å². The molecule has 7 heteroatoms. The van der Waals surface area contributed by atoms with E-state index in [0.717, 1.165) is 0 Å². The lowest BCUT2D eigenvalue weighted by Crippen LogP contribution is -2.38. The smallest absolute Gasteiger partial charge is 0.325 e. The molecular weight excluding hydrogens is 318 g/mol. The van der Waals surface area contributed by atoms with Gasteiger partial charge in [-0.05, 0) is 35.0 Å². The molecule has 104 valence electrons. The summed E-state index contributed by atoms with van der Waals surface area (Å²) in [5, 5.41) is 11.1. The third-order valence-electron chi connectivity index (χ3n) is 2.43. The number of carbonyl (C=O) groups is 2. The van der Waals surface area contributed by atoms with E-state index in [1.165, 1.54) is 33.3 Å². The monoisotopic (exact) mass is 331 g/mol. The zero-order chi connectivity index (χ0) is 14.6. The number of halogens is 1. The second kappa shape index (κ2) is 6.42. The van der Waals surface area contributed by atoms with Crippen LogP contribution < -0.4 is 14.8 Å². The quantitative estimate of drug-likeness (QED) is 0.857. The summed E-state index contributed by atoms with van der Waals surface area (Å²) in [6.07, 6.45) is 0. The summed E-state index contributed by atoms with van der Waals surface area (Å²) in [6.45, 7) is 1.38. The number of methoxy groups -OCH3 is 2. The second-order valence-corrected chi connectivity index (χ2v) is 4.52. The first kappa shape index (κ1) is 15.3. The summed E-state index contributed by atoms with van der Waals surface area (Å²) in [6, 6.07) is 2.01. The summed E-state index contributed by atoms with van der Waals surface area (Å²) >= 11 is 3.28. The average molecular weight is 332 g/mol. The molecule has 1 rings (SSSR count). The molecule has 0 radical (unpaired) electrons. The molecule has 0 fully saturated rings. The molecule has 0 heterocycles. The number of carbonyl (C=O) groups excluding carboxylic acids is 1. The van der Waals surface area contributed by atoms with Crippen molar-refractivity contribution in [3.05, 3.63) is 22.2 Å². The molecular formula is C12H14BrNO5. The minimum absolute atomic E-state index is 0.255. The van der Waals surface area contributed by atoms with Crippen LogP contribution in [0.25, 0.3) is 0 Å². The highest BCUT2D eigenvalue weighted by Gasteiger charge is 2.18. The minimum atomic E-state index is -1.11. The van der Waals surface area contributed by atoms with Gasteiger partial charge in [0.2, 0.25) is 0 Å². The Morgan fingerprint density at radius 2 is 1.74 bits per heavy atom. The van der Waals surface area contributed by atoms with Gasteiger partial charge in [-0.1, -0.05) is 0 Å². The molecule has 1 amide bonds. The Morgan fingerprint density at radius 3 is 2.11 bits per heavy atom. The van der Waals surface area contributed by atoms with Crippen molar-refractivity contribution >= 4 is 27.8 Å². The lowest BCUT2D eigenvalue weighted by molar-refractivity contribution is -0.138. The lowest BCUT2D eigenvalue weighted by atomic mass is 10.1. The third-order valence-corrected chi connectivity index (χ3v) is 3.21. The van der Waals surface area contributed by atoms with E-state index in [4.69, 9.17) is 14.6 Å². The molecule has 0 spiro atoms. The number of hydrogen-bond acceptors (Lipinski definition) is 4. The molecule has 1 atom stereocenters. The highest BCUT2D eigenvalue weighted by atomic mass is 79.9. The van der Waals surface area contributed by atoms with E-state index in [-0.39, 0.29) is 5.56 Å². The van der Waals surface area contributed by atoms with Crippen molar-refractivity contribution in [2.24, 2.45) is 0 Å². The number of hydrogen-bond donors (Lipinski definition) is 2. The fourth-order valence-corrected chi connectivity index (χ4v) is 1.89. The van der Waals surface area contributed by atoms with E-state index < -0.39 is 17.9 Å². The van der Waals surface area contributed by atoms with Gasteiger partial charge in [0.05, 0.1) is 14.2 Å². The highest BCUT2D eigenvalue weighted by molar-refractivity contribution is 9.10. The van der Waals surface area contributed by atoms with Crippen LogP contribution in [0.15, 0.2) is 16.6 Å². The van der Waals surface area contributed by atoms with Crippen LogP contribution >= 0.6 is 15.9 Å². The van der Waals surface area contributed by atoms with E-state index in [9.17, 15) is 9.59 Å². The molecule has 0 aliphatic rings. The summed E-state index contributed by atoms with van der Waals surface area (Å²) in [5.41, 5.74) is 0.255. The normalized spacial score (nSPS) is 11.6. The third kappa shape index (κ3) is 3.60. The van der Waals surface area contributed by atoms with Gasteiger partial charge in [0.1, 0.15) is 22.0 Å². The number of carboxylic acids is 1. The SMILES string of the molecule is COc1cc(C(=O)N[C@@H](C)C(=O)O)cc(OC)c1Br. The topological polar surface area (TPSA) is 84.9 Å². The maximum absolute atomic E-state index is 11.9. The molecule has 0 aliphatic heterocycles. The zero-order valence-electron chi connectivity index (χ0n) is 10.7. The van der Waals surface area contributed by atoms with Crippen LogP contribution in [0.2, 0.25) is 0 Å². The fourth-order valence-electron chi connectivity index (χ4n) is 1.34. The largest absolute Gasteiger partial charge is 0.495 e. The highest BCUT2D eigenvalue weighted by Crippen LogP contribution is 2.35. The number of amides is 1. The molecule has 0 unspecified atom stereocenters. The zero-order valence-corrected chi connectivity index (χ0v) is 12.3. The van der Waals surface area contributed by atoms with Crippen molar-refractivity contribution in [2.45, 2.75) is 13.0 Å². The molecule has 0 saturated heterocycles. The standard InChI is InChI=1S/C12H14BrNO5/c1-6(12(16)17)14-11(15)7-4-8(18-2)10(13)9(5-7)19-3/h4-6H,1-3H3,(H,14,15)(H,16,17)/t6-/m0/s1. The maximum Gasteiger partial charge on any atom is 0.325 e. The minimum Gasteiger partial charge on any atom is -0.495 e. The van der Waals surface area contributed by atoms with Gasteiger partial charge in [-0.2, -0.15) is 0 Å². The van der Waals surface area contributed by atoms with Gasteiger partial charge in [-0.25, -0.2) is 0 Å². The van der Waals surface area contributed by atoms with Crippen molar-refractivity contribution in [3.8, 4) is 11.5 Å². The van der Waals surface area contributed by atoms with E-state index in [2.05, 4.69) is 21.2 Å². The Morgan fingerprint density at radius 1 is 1.26 bits per heavy atom. The summed E-state index contributed by atoms with van der Waals surface area (Å²) < 4.78 is 10.8. The fraction of sp³-hybridized carbons (Fsp3) is 0.333. The van der Waals surface area contributed by atoms with Crippen molar-refractivity contribution in [1.82, 2.24) is 5.32 Å². The molecule has 1 aromatic carbocycles. The van der Waals surface area contributed by atoms with Gasteiger partial charge in [0.15, 0.2) is 0 Å². The van der Waals surface area contributed by atoms with Crippen LogP contribution in [-0.4, -0.2) is 37.2 Å². The van der Waals surface area contributed by atoms with Crippen molar-refractivity contribution in [2.75, 3.05) is 14.2 Å². The Hall–Kier alpha value is -1.76. The van der Waals surface area contributed by atoms with Crippen molar-refractivity contribution in [3.63, 3.8) is 0 Å². The molecule has 0 aromatic heterocycles. The number of rotatable bonds is 5. The number of carboxylic acid groups (broad SMARTS) is 1.